The lowest BCUT2D eigenvalue weighted by Gasteiger charge is -2.44. The molecule has 1 aliphatic rings. The Balaban J connectivity index is 2.84. The van der Waals surface area contributed by atoms with Crippen LogP contribution in [-0.2, 0) is 4.79 Å². The fourth-order valence-electron chi connectivity index (χ4n) is 3.46. The molecule has 3 atom stereocenters. The number of aliphatic carboxylic acids is 1. The van der Waals surface area contributed by atoms with Crippen molar-refractivity contribution in [1.82, 2.24) is 10.2 Å². The van der Waals surface area contributed by atoms with Crippen LogP contribution in [0, 0.1) is 0 Å². The fourth-order valence-corrected chi connectivity index (χ4v) is 3.46. The number of carboxylic acid groups (broad SMARTS) is 1. The number of hydrogen-bond donors (Lipinski definition) is 2. The van der Waals surface area contributed by atoms with Gasteiger partial charge in [-0.2, -0.15) is 0 Å². The summed E-state index contributed by atoms with van der Waals surface area (Å²) in [4.78, 5) is 14.2. The molecule has 3 unspecified atom stereocenters. The Morgan fingerprint density at radius 2 is 2.16 bits per heavy atom. The van der Waals surface area contributed by atoms with E-state index >= 15 is 0 Å². The van der Waals surface area contributed by atoms with Gasteiger partial charge >= 0.3 is 5.97 Å². The molecular formula is C15H30N2O2. The summed E-state index contributed by atoms with van der Waals surface area (Å²) in [6.07, 6.45) is 4.72. The summed E-state index contributed by atoms with van der Waals surface area (Å²) in [7, 11) is 0. The molecule has 0 saturated heterocycles. The minimum absolute atomic E-state index is 0.392. The molecule has 1 aliphatic carbocycles. The Kier molecular flexibility index (Phi) is 6.27. The standard InChI is InChI=1S/C15H30N2O2/c1-5-12(4)17(7-3)13-9-8-10-15(11-13,14(18)19)16-6-2/h12-13,16H,5-11H2,1-4H3,(H,18,19). The van der Waals surface area contributed by atoms with Crippen molar-refractivity contribution >= 4 is 5.97 Å². The summed E-state index contributed by atoms with van der Waals surface area (Å²) >= 11 is 0. The van der Waals surface area contributed by atoms with Gasteiger partial charge < -0.3 is 10.4 Å². The predicted octanol–water partition coefficient (Wildman–Crippen LogP) is 2.48. The van der Waals surface area contributed by atoms with E-state index in [1.165, 1.54) is 0 Å². The highest BCUT2D eigenvalue weighted by Gasteiger charge is 2.43. The van der Waals surface area contributed by atoms with Gasteiger partial charge in [-0.25, -0.2) is 0 Å². The van der Waals surface area contributed by atoms with E-state index in [1.54, 1.807) is 0 Å². The van der Waals surface area contributed by atoms with E-state index in [0.29, 0.717) is 18.6 Å². The van der Waals surface area contributed by atoms with E-state index in [2.05, 4.69) is 31.0 Å². The summed E-state index contributed by atoms with van der Waals surface area (Å²) in [5.74, 6) is -0.681. The van der Waals surface area contributed by atoms with Crippen LogP contribution in [0.3, 0.4) is 0 Å². The lowest BCUT2D eigenvalue weighted by molar-refractivity contribution is -0.147. The van der Waals surface area contributed by atoms with E-state index in [0.717, 1.165) is 38.6 Å². The molecule has 0 aromatic heterocycles. The number of hydrogen-bond acceptors (Lipinski definition) is 3. The second kappa shape index (κ2) is 7.25. The van der Waals surface area contributed by atoms with Gasteiger partial charge in [-0.15, -0.1) is 0 Å². The third-order valence-electron chi connectivity index (χ3n) is 4.64. The van der Waals surface area contributed by atoms with E-state index in [1.807, 2.05) is 6.92 Å². The van der Waals surface area contributed by atoms with Crippen molar-refractivity contribution < 1.29 is 9.90 Å². The van der Waals surface area contributed by atoms with Crippen LogP contribution in [0.1, 0.15) is 59.8 Å². The number of carbonyl (C=O) groups is 1. The van der Waals surface area contributed by atoms with Crippen LogP contribution in [0.15, 0.2) is 0 Å². The van der Waals surface area contributed by atoms with Crippen molar-refractivity contribution in [3.05, 3.63) is 0 Å². The van der Waals surface area contributed by atoms with Crippen LogP contribution in [0.5, 0.6) is 0 Å². The molecule has 0 aromatic carbocycles. The molecule has 1 rings (SSSR count). The van der Waals surface area contributed by atoms with Gasteiger partial charge in [0.15, 0.2) is 0 Å². The lowest BCUT2D eigenvalue weighted by atomic mass is 9.78. The van der Waals surface area contributed by atoms with Crippen LogP contribution in [0.25, 0.3) is 0 Å². The quantitative estimate of drug-likeness (QED) is 0.746. The highest BCUT2D eigenvalue weighted by atomic mass is 16.4. The third kappa shape index (κ3) is 3.69. The summed E-state index contributed by atoms with van der Waals surface area (Å²) in [6, 6.07) is 0.921. The lowest BCUT2D eigenvalue weighted by Crippen LogP contribution is -2.59. The zero-order chi connectivity index (χ0) is 14.5. The van der Waals surface area contributed by atoms with Gasteiger partial charge in [0.2, 0.25) is 0 Å². The van der Waals surface area contributed by atoms with Crippen molar-refractivity contribution in [2.75, 3.05) is 13.1 Å². The molecule has 0 bridgehead atoms. The fraction of sp³-hybridized carbons (Fsp3) is 0.933. The second-order valence-electron chi connectivity index (χ2n) is 5.76. The second-order valence-corrected chi connectivity index (χ2v) is 5.76. The molecule has 0 aliphatic heterocycles. The molecule has 1 fully saturated rings. The van der Waals surface area contributed by atoms with Crippen molar-refractivity contribution in [2.45, 2.75) is 77.4 Å². The molecule has 4 heteroatoms. The molecule has 0 heterocycles. The van der Waals surface area contributed by atoms with Gasteiger partial charge in [0.1, 0.15) is 5.54 Å². The SMILES string of the molecule is CCNC1(C(=O)O)CCCC(N(CC)C(C)CC)C1. The Morgan fingerprint density at radius 3 is 2.63 bits per heavy atom. The molecule has 0 aromatic rings. The largest absolute Gasteiger partial charge is 0.480 e. The van der Waals surface area contributed by atoms with Crippen molar-refractivity contribution in [2.24, 2.45) is 0 Å². The van der Waals surface area contributed by atoms with Gasteiger partial charge in [0, 0.05) is 12.1 Å². The first kappa shape index (κ1) is 16.4. The Bertz CT molecular complexity index is 292. The number of carboxylic acids is 1. The average molecular weight is 270 g/mol. The minimum atomic E-state index is -0.710. The van der Waals surface area contributed by atoms with Crippen molar-refractivity contribution in [3.63, 3.8) is 0 Å². The predicted molar refractivity (Wildman–Crippen MR) is 78.4 cm³/mol. The van der Waals surface area contributed by atoms with Crippen LogP contribution >= 0.6 is 0 Å². The maximum absolute atomic E-state index is 11.7. The zero-order valence-corrected chi connectivity index (χ0v) is 12.9. The van der Waals surface area contributed by atoms with Gasteiger partial charge in [-0.1, -0.05) is 20.8 Å². The molecular weight excluding hydrogens is 240 g/mol. The average Bonchev–Trinajstić information content (AvgIpc) is 2.40. The third-order valence-corrected chi connectivity index (χ3v) is 4.64. The van der Waals surface area contributed by atoms with Crippen molar-refractivity contribution in [3.8, 4) is 0 Å². The number of likely N-dealkylation sites (N-methyl/N-ethyl adjacent to an activating group) is 1. The Morgan fingerprint density at radius 1 is 1.47 bits per heavy atom. The molecule has 2 N–H and O–H groups in total. The monoisotopic (exact) mass is 270 g/mol. The topological polar surface area (TPSA) is 52.6 Å². The summed E-state index contributed by atoms with van der Waals surface area (Å²) in [6.45, 7) is 10.3. The Labute approximate surface area is 117 Å². The first-order valence-electron chi connectivity index (χ1n) is 7.74. The van der Waals surface area contributed by atoms with E-state index in [4.69, 9.17) is 0 Å². The molecule has 0 radical (unpaired) electrons. The van der Waals surface area contributed by atoms with Gasteiger partial charge in [-0.05, 0) is 52.1 Å². The van der Waals surface area contributed by atoms with Crippen LogP contribution in [0.4, 0.5) is 0 Å². The highest BCUT2D eigenvalue weighted by Crippen LogP contribution is 2.32. The van der Waals surface area contributed by atoms with Crippen molar-refractivity contribution in [1.29, 1.82) is 0 Å². The molecule has 0 amide bonds. The summed E-state index contributed by atoms with van der Waals surface area (Å²) < 4.78 is 0. The molecule has 1 saturated carbocycles. The van der Waals surface area contributed by atoms with Crippen LogP contribution < -0.4 is 5.32 Å². The van der Waals surface area contributed by atoms with E-state index in [-0.39, 0.29) is 0 Å². The Hall–Kier alpha value is -0.610. The van der Waals surface area contributed by atoms with Crippen LogP contribution in [0.2, 0.25) is 0 Å². The number of rotatable bonds is 7. The normalized spacial score (nSPS) is 29.4. The van der Waals surface area contributed by atoms with Crippen LogP contribution in [-0.4, -0.2) is 46.7 Å². The maximum Gasteiger partial charge on any atom is 0.323 e. The summed E-state index contributed by atoms with van der Waals surface area (Å²) in [5.41, 5.74) is -0.710. The number of nitrogens with one attached hydrogen (secondary N) is 1. The highest BCUT2D eigenvalue weighted by molar-refractivity contribution is 5.79. The maximum atomic E-state index is 11.7. The molecule has 0 spiro atoms. The number of nitrogens with zero attached hydrogens (tertiary/aromatic N) is 1. The van der Waals surface area contributed by atoms with E-state index < -0.39 is 11.5 Å². The zero-order valence-electron chi connectivity index (χ0n) is 12.9. The van der Waals surface area contributed by atoms with Gasteiger partial charge in [0.25, 0.3) is 0 Å². The van der Waals surface area contributed by atoms with E-state index in [9.17, 15) is 9.90 Å². The minimum Gasteiger partial charge on any atom is -0.480 e. The first-order valence-corrected chi connectivity index (χ1v) is 7.74. The van der Waals surface area contributed by atoms with Gasteiger partial charge in [0.05, 0.1) is 0 Å². The molecule has 4 nitrogen and oxygen atoms in total. The smallest absolute Gasteiger partial charge is 0.323 e. The first-order chi connectivity index (χ1) is 9.00. The molecule has 112 valence electrons. The van der Waals surface area contributed by atoms with Gasteiger partial charge in [-0.3, -0.25) is 9.69 Å². The molecule has 19 heavy (non-hydrogen) atoms. The summed E-state index contributed by atoms with van der Waals surface area (Å²) in [5, 5.41) is 12.8.